The van der Waals surface area contributed by atoms with Gasteiger partial charge in [0.15, 0.2) is 11.5 Å². The van der Waals surface area contributed by atoms with Gasteiger partial charge < -0.3 is 15.2 Å². The minimum Gasteiger partial charge on any atom is -0.504 e. The van der Waals surface area contributed by atoms with Crippen LogP contribution in [0.2, 0.25) is 0 Å². The van der Waals surface area contributed by atoms with Gasteiger partial charge in [0.05, 0.1) is 7.11 Å². The van der Waals surface area contributed by atoms with Gasteiger partial charge in [0, 0.05) is 5.69 Å². The third-order valence-electron chi connectivity index (χ3n) is 3.73. The van der Waals surface area contributed by atoms with Crippen molar-refractivity contribution in [2.45, 2.75) is 13.8 Å². The standard InChI is InChI=1S/C19H18N2O3/c1-12-5-4-6-16(13(12)2)21-19(23)15(11-20)9-14-7-8-17(22)18(10-14)24-3/h4-10,22H,1-3H3,(H,21,23)/b15-9+. The average molecular weight is 322 g/mol. The number of phenolic OH excluding ortho intramolecular Hbond substituents is 1. The van der Waals surface area contributed by atoms with Crippen molar-refractivity contribution in [2.75, 3.05) is 12.4 Å². The number of nitrogens with one attached hydrogen (secondary N) is 1. The van der Waals surface area contributed by atoms with Crippen LogP contribution in [0.5, 0.6) is 11.5 Å². The second-order valence-corrected chi connectivity index (χ2v) is 5.30. The van der Waals surface area contributed by atoms with Gasteiger partial charge in [0.25, 0.3) is 5.91 Å². The first-order chi connectivity index (χ1) is 11.5. The van der Waals surface area contributed by atoms with Crippen LogP contribution in [0.15, 0.2) is 42.0 Å². The molecule has 0 fully saturated rings. The Morgan fingerprint density at radius 1 is 1.29 bits per heavy atom. The largest absolute Gasteiger partial charge is 0.504 e. The maximum atomic E-state index is 12.4. The fourth-order valence-corrected chi connectivity index (χ4v) is 2.18. The Morgan fingerprint density at radius 3 is 2.71 bits per heavy atom. The predicted octanol–water partition coefficient (Wildman–Crippen LogP) is 3.56. The van der Waals surface area contributed by atoms with Crippen LogP contribution in [0.3, 0.4) is 0 Å². The summed E-state index contributed by atoms with van der Waals surface area (Å²) in [6, 6.07) is 12.1. The fraction of sp³-hybridized carbons (Fsp3) is 0.158. The van der Waals surface area contributed by atoms with E-state index in [1.807, 2.05) is 32.0 Å². The monoisotopic (exact) mass is 322 g/mol. The van der Waals surface area contributed by atoms with E-state index in [2.05, 4.69) is 5.32 Å². The second-order valence-electron chi connectivity index (χ2n) is 5.30. The second kappa shape index (κ2) is 7.34. The van der Waals surface area contributed by atoms with Crippen molar-refractivity contribution in [1.29, 1.82) is 5.26 Å². The maximum Gasteiger partial charge on any atom is 0.266 e. The highest BCUT2D eigenvalue weighted by Crippen LogP contribution is 2.27. The lowest BCUT2D eigenvalue weighted by Crippen LogP contribution is -2.14. The van der Waals surface area contributed by atoms with Gasteiger partial charge in [-0.3, -0.25) is 4.79 Å². The number of rotatable bonds is 4. The van der Waals surface area contributed by atoms with E-state index in [0.29, 0.717) is 11.3 Å². The summed E-state index contributed by atoms with van der Waals surface area (Å²) in [7, 11) is 1.43. The number of hydrogen-bond acceptors (Lipinski definition) is 4. The molecule has 0 atom stereocenters. The zero-order chi connectivity index (χ0) is 17.7. The van der Waals surface area contributed by atoms with Crippen LogP contribution in [0.4, 0.5) is 5.69 Å². The number of nitrogens with zero attached hydrogens (tertiary/aromatic N) is 1. The summed E-state index contributed by atoms with van der Waals surface area (Å²) >= 11 is 0. The number of nitriles is 1. The number of phenols is 1. The van der Waals surface area contributed by atoms with E-state index in [1.54, 1.807) is 18.2 Å². The summed E-state index contributed by atoms with van der Waals surface area (Å²) in [5.74, 6) is -0.220. The summed E-state index contributed by atoms with van der Waals surface area (Å²) in [6.07, 6.45) is 1.45. The third-order valence-corrected chi connectivity index (χ3v) is 3.73. The molecule has 2 aromatic carbocycles. The zero-order valence-corrected chi connectivity index (χ0v) is 13.8. The molecule has 0 radical (unpaired) electrons. The highest BCUT2D eigenvalue weighted by Gasteiger charge is 2.12. The van der Waals surface area contributed by atoms with Crippen molar-refractivity contribution < 1.29 is 14.6 Å². The molecule has 0 aliphatic rings. The molecule has 2 aromatic rings. The molecule has 2 rings (SSSR count). The molecule has 0 bridgehead atoms. The summed E-state index contributed by atoms with van der Waals surface area (Å²) in [5, 5.41) is 21.6. The molecule has 0 unspecified atom stereocenters. The van der Waals surface area contributed by atoms with Gasteiger partial charge in [-0.05, 0) is 54.8 Å². The van der Waals surface area contributed by atoms with Crippen molar-refractivity contribution >= 4 is 17.7 Å². The normalized spacial score (nSPS) is 10.8. The molecule has 2 N–H and O–H groups in total. The summed E-state index contributed by atoms with van der Waals surface area (Å²) < 4.78 is 5.02. The van der Waals surface area contributed by atoms with Crippen LogP contribution in [0.25, 0.3) is 6.08 Å². The van der Waals surface area contributed by atoms with Crippen molar-refractivity contribution in [2.24, 2.45) is 0 Å². The first-order valence-electron chi connectivity index (χ1n) is 7.32. The number of aromatic hydroxyl groups is 1. The van der Waals surface area contributed by atoms with Crippen LogP contribution in [-0.4, -0.2) is 18.1 Å². The molecular weight excluding hydrogens is 304 g/mol. The summed E-state index contributed by atoms with van der Waals surface area (Å²) in [6.45, 7) is 3.86. The van der Waals surface area contributed by atoms with E-state index in [-0.39, 0.29) is 17.1 Å². The molecular formula is C19H18N2O3. The SMILES string of the molecule is COc1cc(/C=C(\C#N)C(=O)Nc2cccc(C)c2C)ccc1O. The minimum atomic E-state index is -0.488. The molecule has 0 saturated heterocycles. The summed E-state index contributed by atoms with van der Waals surface area (Å²) in [5.41, 5.74) is 3.22. The van der Waals surface area contributed by atoms with E-state index < -0.39 is 5.91 Å². The van der Waals surface area contributed by atoms with Crippen molar-refractivity contribution in [1.82, 2.24) is 0 Å². The molecule has 1 amide bonds. The number of ether oxygens (including phenoxy) is 1. The molecule has 0 aliphatic carbocycles. The highest BCUT2D eigenvalue weighted by molar-refractivity contribution is 6.10. The molecule has 0 aromatic heterocycles. The number of hydrogen-bond donors (Lipinski definition) is 2. The lowest BCUT2D eigenvalue weighted by molar-refractivity contribution is -0.112. The Hall–Kier alpha value is -3.26. The van der Waals surface area contributed by atoms with Gasteiger partial charge in [-0.15, -0.1) is 0 Å². The van der Waals surface area contributed by atoms with Gasteiger partial charge in [-0.1, -0.05) is 18.2 Å². The Balaban J connectivity index is 2.29. The van der Waals surface area contributed by atoms with Crippen LogP contribution in [0, 0.1) is 25.2 Å². The Bertz CT molecular complexity index is 848. The molecule has 0 heterocycles. The lowest BCUT2D eigenvalue weighted by atomic mass is 10.1. The van der Waals surface area contributed by atoms with Gasteiger partial charge in [-0.2, -0.15) is 5.26 Å². The predicted molar refractivity (Wildman–Crippen MR) is 92.8 cm³/mol. The number of amides is 1. The quantitative estimate of drug-likeness (QED) is 0.666. The molecule has 0 spiro atoms. The molecule has 24 heavy (non-hydrogen) atoms. The van der Waals surface area contributed by atoms with Crippen LogP contribution in [0.1, 0.15) is 16.7 Å². The smallest absolute Gasteiger partial charge is 0.266 e. The zero-order valence-electron chi connectivity index (χ0n) is 13.8. The number of methoxy groups -OCH3 is 1. The van der Waals surface area contributed by atoms with Crippen molar-refractivity contribution in [3.8, 4) is 17.6 Å². The van der Waals surface area contributed by atoms with Gasteiger partial charge in [-0.25, -0.2) is 0 Å². The number of benzene rings is 2. The van der Waals surface area contributed by atoms with E-state index in [1.165, 1.54) is 19.3 Å². The van der Waals surface area contributed by atoms with Crippen molar-refractivity contribution in [3.05, 3.63) is 58.7 Å². The van der Waals surface area contributed by atoms with Crippen LogP contribution in [-0.2, 0) is 4.79 Å². The number of carbonyl (C=O) groups is 1. The van der Waals surface area contributed by atoms with Crippen LogP contribution >= 0.6 is 0 Å². The molecule has 0 saturated carbocycles. The molecule has 0 aliphatic heterocycles. The Kier molecular flexibility index (Phi) is 5.23. The number of aryl methyl sites for hydroxylation is 1. The number of carbonyl (C=O) groups excluding carboxylic acids is 1. The molecule has 122 valence electrons. The molecule has 5 heteroatoms. The van der Waals surface area contributed by atoms with E-state index >= 15 is 0 Å². The highest BCUT2D eigenvalue weighted by atomic mass is 16.5. The maximum absolute atomic E-state index is 12.4. The minimum absolute atomic E-state index is 0.00649. The van der Waals surface area contributed by atoms with E-state index in [0.717, 1.165) is 11.1 Å². The van der Waals surface area contributed by atoms with Gasteiger partial charge in [0.2, 0.25) is 0 Å². The first kappa shape index (κ1) is 17.1. The first-order valence-corrected chi connectivity index (χ1v) is 7.32. The fourth-order valence-electron chi connectivity index (χ4n) is 2.18. The molecule has 5 nitrogen and oxygen atoms in total. The van der Waals surface area contributed by atoms with E-state index in [9.17, 15) is 15.2 Å². The van der Waals surface area contributed by atoms with E-state index in [4.69, 9.17) is 4.74 Å². The Morgan fingerprint density at radius 2 is 2.04 bits per heavy atom. The Labute approximate surface area is 140 Å². The van der Waals surface area contributed by atoms with Crippen LogP contribution < -0.4 is 10.1 Å². The average Bonchev–Trinajstić information content (AvgIpc) is 2.58. The number of anilines is 1. The topological polar surface area (TPSA) is 82.3 Å². The third kappa shape index (κ3) is 3.73. The van der Waals surface area contributed by atoms with Gasteiger partial charge in [0.1, 0.15) is 11.6 Å². The van der Waals surface area contributed by atoms with Gasteiger partial charge >= 0.3 is 0 Å². The summed E-state index contributed by atoms with van der Waals surface area (Å²) in [4.78, 5) is 12.4. The lowest BCUT2D eigenvalue weighted by Gasteiger charge is -2.10. The van der Waals surface area contributed by atoms with Crippen molar-refractivity contribution in [3.63, 3.8) is 0 Å².